The van der Waals surface area contributed by atoms with Gasteiger partial charge in [-0.05, 0) is 62.1 Å². The van der Waals surface area contributed by atoms with Gasteiger partial charge >= 0.3 is 6.09 Å². The Kier molecular flexibility index (Phi) is 8.78. The van der Waals surface area contributed by atoms with Crippen molar-refractivity contribution in [3.05, 3.63) is 33.8 Å². The number of benzene rings is 1. The van der Waals surface area contributed by atoms with Crippen LogP contribution in [-0.4, -0.2) is 84.4 Å². The van der Waals surface area contributed by atoms with Gasteiger partial charge in [0.2, 0.25) is 17.7 Å². The van der Waals surface area contributed by atoms with Crippen molar-refractivity contribution >= 4 is 41.1 Å². The van der Waals surface area contributed by atoms with Crippen molar-refractivity contribution in [3.8, 4) is 0 Å². The summed E-state index contributed by atoms with van der Waals surface area (Å²) in [6.07, 6.45) is 2.86. The van der Waals surface area contributed by atoms with E-state index in [1.54, 1.807) is 19.2 Å². The van der Waals surface area contributed by atoms with E-state index in [1.165, 1.54) is 4.90 Å². The number of hydrogen-bond acceptors (Lipinski definition) is 4. The number of likely N-dealkylation sites (N-methyl/N-ethyl adjacent to an activating group) is 1. The number of halogens is 4. The molecule has 5 rings (SSSR count). The number of hydrogen-bond donors (Lipinski definition) is 0. The van der Waals surface area contributed by atoms with Crippen molar-refractivity contribution in [1.29, 1.82) is 0 Å². The summed E-state index contributed by atoms with van der Waals surface area (Å²) in [6.45, 7) is 4.02. The summed E-state index contributed by atoms with van der Waals surface area (Å²) in [6, 6.07) is 4.99. The lowest BCUT2D eigenvalue weighted by Crippen LogP contribution is -2.46. The summed E-state index contributed by atoms with van der Waals surface area (Å²) in [5.41, 5.74) is 0.653. The van der Waals surface area contributed by atoms with Gasteiger partial charge in [-0.15, -0.1) is 0 Å². The van der Waals surface area contributed by atoms with E-state index >= 15 is 0 Å². The third-order valence-electron chi connectivity index (χ3n) is 9.68. The van der Waals surface area contributed by atoms with Crippen LogP contribution in [0.2, 0.25) is 10.0 Å². The molecule has 2 atom stereocenters. The number of rotatable bonds is 6. The van der Waals surface area contributed by atoms with Gasteiger partial charge in [-0.25, -0.2) is 13.6 Å². The zero-order valence-electron chi connectivity index (χ0n) is 23.7. The molecule has 1 aromatic carbocycles. The average Bonchev–Trinajstić information content (AvgIpc) is 3.56. The maximum Gasteiger partial charge on any atom is 0.409 e. The van der Waals surface area contributed by atoms with Crippen molar-refractivity contribution in [1.82, 2.24) is 14.7 Å². The van der Waals surface area contributed by atoms with E-state index in [-0.39, 0.29) is 60.5 Å². The van der Waals surface area contributed by atoms with E-state index in [1.807, 2.05) is 22.8 Å². The van der Waals surface area contributed by atoms with Crippen LogP contribution in [0, 0.1) is 17.3 Å². The summed E-state index contributed by atoms with van der Waals surface area (Å²) in [7, 11) is 1.66. The molecule has 2 aliphatic heterocycles. The molecule has 0 radical (unpaired) electrons. The lowest BCUT2D eigenvalue weighted by Gasteiger charge is -2.34. The molecule has 0 N–H and O–H groups in total. The van der Waals surface area contributed by atoms with Gasteiger partial charge in [0, 0.05) is 63.3 Å². The highest BCUT2D eigenvalue weighted by molar-refractivity contribution is 6.42. The Morgan fingerprint density at radius 1 is 0.976 bits per heavy atom. The van der Waals surface area contributed by atoms with E-state index in [0.717, 1.165) is 18.4 Å². The van der Waals surface area contributed by atoms with Crippen molar-refractivity contribution < 1.29 is 27.9 Å². The fourth-order valence-electron chi connectivity index (χ4n) is 6.49. The highest BCUT2D eigenvalue weighted by Gasteiger charge is 2.48. The molecular weight excluding hydrogens is 575 g/mol. The Morgan fingerprint density at radius 3 is 2.24 bits per heavy atom. The molecule has 2 aliphatic carbocycles. The lowest BCUT2D eigenvalue weighted by molar-refractivity contribution is -0.142. The van der Waals surface area contributed by atoms with Crippen molar-refractivity contribution in [2.45, 2.75) is 76.2 Å². The Bertz CT molecular complexity index is 1160. The monoisotopic (exact) mass is 613 g/mol. The van der Waals surface area contributed by atoms with Crippen molar-refractivity contribution in [3.63, 3.8) is 0 Å². The molecule has 4 aliphatic rings. The SMILES string of the molecule is CN(C(=O)OCC1CCC(F)(F)CC1)[C@H]1CN(C(=O)C2CCN(C(=O)C3(C)CC3)CC2)C[C@@H]1c1ccc(Cl)c(Cl)c1. The first-order valence-electron chi connectivity index (χ1n) is 14.7. The topological polar surface area (TPSA) is 70.2 Å². The van der Waals surface area contributed by atoms with Crippen LogP contribution in [-0.2, 0) is 14.3 Å². The maximum absolute atomic E-state index is 13.7. The summed E-state index contributed by atoms with van der Waals surface area (Å²) in [5, 5.41) is 0.818. The largest absolute Gasteiger partial charge is 0.449 e. The smallest absolute Gasteiger partial charge is 0.409 e. The Hall–Kier alpha value is -2.13. The van der Waals surface area contributed by atoms with Crippen LogP contribution in [0.1, 0.15) is 69.8 Å². The fourth-order valence-corrected chi connectivity index (χ4v) is 6.80. The number of alkyl halides is 2. The second kappa shape index (κ2) is 11.9. The van der Waals surface area contributed by atoms with Crippen LogP contribution in [0.5, 0.6) is 0 Å². The van der Waals surface area contributed by atoms with Crippen molar-refractivity contribution in [2.75, 3.05) is 39.8 Å². The molecule has 11 heteroatoms. The number of piperidine rings is 1. The second-order valence-electron chi connectivity index (χ2n) is 12.7. The molecular formula is C30H39Cl2F2N3O4. The Morgan fingerprint density at radius 2 is 1.63 bits per heavy atom. The van der Waals surface area contributed by atoms with Gasteiger partial charge in [0.25, 0.3) is 0 Å². The van der Waals surface area contributed by atoms with Gasteiger partial charge < -0.3 is 19.4 Å². The molecule has 2 saturated heterocycles. The summed E-state index contributed by atoms with van der Waals surface area (Å²) in [4.78, 5) is 44.8. The summed E-state index contributed by atoms with van der Waals surface area (Å²) < 4.78 is 32.6. The number of carbonyl (C=O) groups is 3. The Balaban J connectivity index is 1.23. The third kappa shape index (κ3) is 6.76. The zero-order chi connectivity index (χ0) is 29.5. The fraction of sp³-hybridized carbons (Fsp3) is 0.700. The predicted octanol–water partition coefficient (Wildman–Crippen LogP) is 6.22. The number of likely N-dealkylation sites (tertiary alicyclic amines) is 2. The minimum Gasteiger partial charge on any atom is -0.449 e. The van der Waals surface area contributed by atoms with E-state index in [0.29, 0.717) is 61.9 Å². The lowest BCUT2D eigenvalue weighted by atomic mass is 9.87. The molecule has 1 aromatic rings. The highest BCUT2D eigenvalue weighted by atomic mass is 35.5. The number of nitrogens with zero attached hydrogens (tertiary/aromatic N) is 3. The molecule has 0 aromatic heterocycles. The van der Waals surface area contributed by atoms with Crippen LogP contribution in [0.15, 0.2) is 18.2 Å². The molecule has 0 spiro atoms. The quantitative estimate of drug-likeness (QED) is 0.382. The van der Waals surface area contributed by atoms with Gasteiger partial charge in [-0.2, -0.15) is 0 Å². The van der Waals surface area contributed by atoms with Crippen LogP contribution in [0.4, 0.5) is 13.6 Å². The van der Waals surface area contributed by atoms with E-state index < -0.39 is 12.0 Å². The second-order valence-corrected chi connectivity index (χ2v) is 13.5. The van der Waals surface area contributed by atoms with Crippen LogP contribution in [0.3, 0.4) is 0 Å². The third-order valence-corrected chi connectivity index (χ3v) is 10.4. The van der Waals surface area contributed by atoms with Gasteiger partial charge in [0.1, 0.15) is 0 Å². The molecule has 226 valence electrons. The zero-order valence-corrected chi connectivity index (χ0v) is 25.2. The van der Waals surface area contributed by atoms with Gasteiger partial charge in [-0.1, -0.05) is 36.2 Å². The maximum atomic E-state index is 13.7. The highest BCUT2D eigenvalue weighted by Crippen LogP contribution is 2.47. The minimum atomic E-state index is -2.63. The van der Waals surface area contributed by atoms with Gasteiger partial charge in [-0.3, -0.25) is 9.59 Å². The van der Waals surface area contributed by atoms with Gasteiger partial charge in [0.15, 0.2) is 0 Å². The summed E-state index contributed by atoms with van der Waals surface area (Å²) in [5.74, 6) is -2.87. The number of amides is 3. The molecule has 3 amide bonds. The molecule has 0 unspecified atom stereocenters. The first-order valence-corrected chi connectivity index (χ1v) is 15.4. The van der Waals surface area contributed by atoms with Crippen LogP contribution >= 0.6 is 23.2 Å². The van der Waals surface area contributed by atoms with Crippen LogP contribution < -0.4 is 0 Å². The first kappa shape index (κ1) is 30.3. The molecule has 4 fully saturated rings. The minimum absolute atomic E-state index is 0.0344. The van der Waals surface area contributed by atoms with Gasteiger partial charge in [0.05, 0.1) is 22.7 Å². The van der Waals surface area contributed by atoms with E-state index in [9.17, 15) is 23.2 Å². The molecule has 0 bridgehead atoms. The molecule has 41 heavy (non-hydrogen) atoms. The Labute approximate surface area is 250 Å². The number of ether oxygens (including phenoxy) is 1. The van der Waals surface area contributed by atoms with E-state index in [4.69, 9.17) is 27.9 Å². The van der Waals surface area contributed by atoms with Crippen molar-refractivity contribution in [2.24, 2.45) is 17.3 Å². The molecule has 2 heterocycles. The average molecular weight is 615 g/mol. The number of carbonyl (C=O) groups excluding carboxylic acids is 3. The first-order chi connectivity index (χ1) is 19.4. The normalized spacial score (nSPS) is 26.1. The van der Waals surface area contributed by atoms with Crippen LogP contribution in [0.25, 0.3) is 0 Å². The summed E-state index contributed by atoms with van der Waals surface area (Å²) >= 11 is 12.5. The standard InChI is InChI=1S/C30H39Cl2F2N3O4/c1-29(11-12-29)27(39)36-13-7-20(8-14-36)26(38)37-16-22(21-3-4-23(31)24(32)15-21)25(17-37)35(2)28(40)41-18-19-5-9-30(33,34)10-6-19/h3-4,15,19-20,22,25H,5-14,16-18H2,1-2H3/t22-,25+/m1/s1. The van der Waals surface area contributed by atoms with E-state index in [2.05, 4.69) is 0 Å². The predicted molar refractivity (Wildman–Crippen MR) is 152 cm³/mol. The molecule has 7 nitrogen and oxygen atoms in total. The molecule has 2 saturated carbocycles.